The molecule has 0 unspecified atom stereocenters. The molecule has 0 radical (unpaired) electrons. The van der Waals surface area contributed by atoms with E-state index in [2.05, 4.69) is 19.2 Å². The number of hydrogen-bond donors (Lipinski definition) is 3. The molecule has 0 aromatic heterocycles. The van der Waals surface area contributed by atoms with E-state index in [1.54, 1.807) is 6.07 Å². The summed E-state index contributed by atoms with van der Waals surface area (Å²) >= 11 is 0. The molecule has 88 valence electrons. The van der Waals surface area contributed by atoms with Gasteiger partial charge in [0.1, 0.15) is 5.75 Å². The fraction of sp³-hybridized carbons (Fsp3) is 0.417. The lowest BCUT2D eigenvalue weighted by molar-refractivity contribution is 0.0952. The number of carbonyl (C=O) groups excluding carboxylic acids is 1. The minimum Gasteiger partial charge on any atom is -0.506 e. The summed E-state index contributed by atoms with van der Waals surface area (Å²) in [6.07, 6.45) is 0.944. The van der Waals surface area contributed by atoms with Crippen LogP contribution in [0, 0.1) is 5.92 Å². The molecule has 0 aliphatic heterocycles. The Labute approximate surface area is 95.5 Å². The van der Waals surface area contributed by atoms with E-state index in [0.29, 0.717) is 18.0 Å². The predicted octanol–water partition coefficient (Wildman–Crippen LogP) is 1.75. The van der Waals surface area contributed by atoms with Gasteiger partial charge in [0.25, 0.3) is 5.91 Å². The van der Waals surface area contributed by atoms with E-state index < -0.39 is 0 Å². The van der Waals surface area contributed by atoms with Crippen molar-refractivity contribution in [2.75, 3.05) is 12.3 Å². The van der Waals surface area contributed by atoms with Crippen LogP contribution in [0.25, 0.3) is 0 Å². The van der Waals surface area contributed by atoms with Gasteiger partial charge in [0, 0.05) is 12.1 Å². The molecule has 0 fully saturated rings. The van der Waals surface area contributed by atoms with Crippen molar-refractivity contribution in [1.29, 1.82) is 0 Å². The first-order valence-corrected chi connectivity index (χ1v) is 5.37. The number of anilines is 1. The van der Waals surface area contributed by atoms with Crippen LogP contribution in [0.3, 0.4) is 0 Å². The molecule has 0 spiro atoms. The lowest BCUT2D eigenvalue weighted by Crippen LogP contribution is -2.25. The van der Waals surface area contributed by atoms with E-state index in [1.807, 2.05) is 0 Å². The number of hydrogen-bond acceptors (Lipinski definition) is 3. The van der Waals surface area contributed by atoms with Crippen molar-refractivity contribution >= 4 is 11.6 Å². The van der Waals surface area contributed by atoms with Crippen LogP contribution in [0.1, 0.15) is 30.6 Å². The number of benzene rings is 1. The second-order valence-corrected chi connectivity index (χ2v) is 4.21. The number of aromatic hydroxyl groups is 1. The van der Waals surface area contributed by atoms with Crippen molar-refractivity contribution in [2.45, 2.75) is 20.3 Å². The number of phenolic OH excluding ortho intramolecular Hbond substituents is 1. The monoisotopic (exact) mass is 222 g/mol. The van der Waals surface area contributed by atoms with Crippen molar-refractivity contribution in [1.82, 2.24) is 5.32 Å². The summed E-state index contributed by atoms with van der Waals surface area (Å²) in [7, 11) is 0. The smallest absolute Gasteiger partial charge is 0.251 e. The van der Waals surface area contributed by atoms with Gasteiger partial charge in [-0.3, -0.25) is 4.79 Å². The molecule has 4 heteroatoms. The summed E-state index contributed by atoms with van der Waals surface area (Å²) in [6, 6.07) is 4.45. The van der Waals surface area contributed by atoms with E-state index in [0.717, 1.165) is 6.42 Å². The molecule has 0 aliphatic rings. The quantitative estimate of drug-likeness (QED) is 0.536. The van der Waals surface area contributed by atoms with Gasteiger partial charge in [-0.25, -0.2) is 0 Å². The maximum atomic E-state index is 11.6. The Morgan fingerprint density at radius 2 is 2.19 bits per heavy atom. The van der Waals surface area contributed by atoms with E-state index >= 15 is 0 Å². The van der Waals surface area contributed by atoms with Crippen molar-refractivity contribution < 1.29 is 9.90 Å². The Hall–Kier alpha value is -1.71. The molecule has 0 bridgehead atoms. The molecule has 4 nitrogen and oxygen atoms in total. The molecule has 4 N–H and O–H groups in total. The third kappa shape index (κ3) is 3.46. The number of rotatable bonds is 4. The number of nitrogens with two attached hydrogens (primary N) is 1. The number of nitrogen functional groups attached to an aromatic ring is 1. The van der Waals surface area contributed by atoms with Gasteiger partial charge >= 0.3 is 0 Å². The fourth-order valence-electron chi connectivity index (χ4n) is 1.27. The van der Waals surface area contributed by atoms with Crippen LogP contribution in [-0.4, -0.2) is 17.6 Å². The number of amides is 1. The van der Waals surface area contributed by atoms with Crippen molar-refractivity contribution in [3.05, 3.63) is 23.8 Å². The van der Waals surface area contributed by atoms with E-state index in [-0.39, 0.29) is 17.3 Å². The van der Waals surface area contributed by atoms with Gasteiger partial charge < -0.3 is 16.2 Å². The van der Waals surface area contributed by atoms with Crippen LogP contribution in [0.5, 0.6) is 5.75 Å². The summed E-state index contributed by atoms with van der Waals surface area (Å²) in [5.41, 5.74) is 6.20. The van der Waals surface area contributed by atoms with E-state index in [9.17, 15) is 9.90 Å². The van der Waals surface area contributed by atoms with Crippen molar-refractivity contribution in [3.63, 3.8) is 0 Å². The Bertz CT molecular complexity index is 375. The minimum atomic E-state index is -0.160. The summed E-state index contributed by atoms with van der Waals surface area (Å²) in [4.78, 5) is 11.6. The summed E-state index contributed by atoms with van der Waals surface area (Å²) in [6.45, 7) is 4.85. The van der Waals surface area contributed by atoms with Crippen LogP contribution in [0.2, 0.25) is 0 Å². The lowest BCUT2D eigenvalue weighted by Gasteiger charge is -2.08. The van der Waals surface area contributed by atoms with Gasteiger partial charge in [0.15, 0.2) is 0 Å². The van der Waals surface area contributed by atoms with Gasteiger partial charge in [0.2, 0.25) is 0 Å². The number of carbonyl (C=O) groups is 1. The topological polar surface area (TPSA) is 75.3 Å². The van der Waals surface area contributed by atoms with E-state index in [4.69, 9.17) is 5.73 Å². The van der Waals surface area contributed by atoms with Gasteiger partial charge in [-0.05, 0) is 30.5 Å². The normalized spacial score (nSPS) is 10.4. The lowest BCUT2D eigenvalue weighted by atomic mass is 10.1. The first-order valence-electron chi connectivity index (χ1n) is 5.37. The molecule has 0 saturated heterocycles. The molecule has 0 atom stereocenters. The summed E-state index contributed by atoms with van der Waals surface area (Å²) < 4.78 is 0. The van der Waals surface area contributed by atoms with Crippen LogP contribution in [0.4, 0.5) is 5.69 Å². The van der Waals surface area contributed by atoms with Gasteiger partial charge in [-0.15, -0.1) is 0 Å². The van der Waals surface area contributed by atoms with Crippen LogP contribution in [0.15, 0.2) is 18.2 Å². The average molecular weight is 222 g/mol. The Morgan fingerprint density at radius 1 is 1.50 bits per heavy atom. The Balaban J connectivity index is 2.56. The third-order valence-corrected chi connectivity index (χ3v) is 2.30. The molecule has 1 rings (SSSR count). The molecule has 1 amide bonds. The molecule has 0 aliphatic carbocycles. The SMILES string of the molecule is CC(C)CCNC(=O)c1ccc(O)c(N)c1. The molecule has 0 saturated carbocycles. The predicted molar refractivity (Wildman–Crippen MR) is 64.3 cm³/mol. The Morgan fingerprint density at radius 3 is 2.75 bits per heavy atom. The minimum absolute atomic E-state index is 0.00118. The largest absolute Gasteiger partial charge is 0.506 e. The highest BCUT2D eigenvalue weighted by molar-refractivity contribution is 5.95. The second kappa shape index (κ2) is 5.39. The number of nitrogens with one attached hydrogen (secondary N) is 1. The third-order valence-electron chi connectivity index (χ3n) is 2.30. The Kier molecular flexibility index (Phi) is 4.17. The zero-order valence-corrected chi connectivity index (χ0v) is 9.66. The summed E-state index contributed by atoms with van der Waals surface area (Å²) in [5.74, 6) is 0.399. The zero-order chi connectivity index (χ0) is 12.1. The standard InChI is InChI=1S/C12H18N2O2/c1-8(2)5-6-14-12(16)9-3-4-11(15)10(13)7-9/h3-4,7-8,15H,5-6,13H2,1-2H3,(H,14,16). The first kappa shape index (κ1) is 12.4. The molecule has 16 heavy (non-hydrogen) atoms. The van der Waals surface area contributed by atoms with Crippen molar-refractivity contribution in [3.8, 4) is 5.75 Å². The molecule has 0 heterocycles. The highest BCUT2D eigenvalue weighted by Gasteiger charge is 2.07. The average Bonchev–Trinajstić information content (AvgIpc) is 2.21. The molecular formula is C12H18N2O2. The molecule has 1 aromatic rings. The maximum absolute atomic E-state index is 11.6. The van der Waals surface area contributed by atoms with Crippen LogP contribution < -0.4 is 11.1 Å². The van der Waals surface area contributed by atoms with Gasteiger partial charge in [-0.2, -0.15) is 0 Å². The van der Waals surface area contributed by atoms with Gasteiger partial charge in [0.05, 0.1) is 5.69 Å². The van der Waals surface area contributed by atoms with Crippen LogP contribution >= 0.6 is 0 Å². The maximum Gasteiger partial charge on any atom is 0.251 e. The first-order chi connectivity index (χ1) is 7.50. The van der Waals surface area contributed by atoms with E-state index in [1.165, 1.54) is 12.1 Å². The highest BCUT2D eigenvalue weighted by atomic mass is 16.3. The second-order valence-electron chi connectivity index (χ2n) is 4.21. The summed E-state index contributed by atoms with van der Waals surface area (Å²) in [5, 5.41) is 12.0. The van der Waals surface area contributed by atoms with Gasteiger partial charge in [-0.1, -0.05) is 13.8 Å². The van der Waals surface area contributed by atoms with Crippen LogP contribution in [-0.2, 0) is 0 Å². The number of phenols is 1. The fourth-order valence-corrected chi connectivity index (χ4v) is 1.27. The highest BCUT2D eigenvalue weighted by Crippen LogP contribution is 2.20. The van der Waals surface area contributed by atoms with Crippen molar-refractivity contribution in [2.24, 2.45) is 5.92 Å². The molecule has 1 aromatic carbocycles. The zero-order valence-electron chi connectivity index (χ0n) is 9.66. The molecular weight excluding hydrogens is 204 g/mol.